The standard InChI is InChI=1S/C55H94O23/c1-10-27-35(60)40(65)46(78-49-43(68)39(64)37(62)29(21-57)73-49)50(71-27)76-34(52(5,6)70)15-11-23(2)24-17-18-53(7)31-14-12-25-26(55(31,9)32(59)19-54(24,53)8)13-16-33(51(25,3)4)75-47-44(69)41(66)45(30(22-58)74-47)77-48-42(67)38(63)36(61)28(20-56)72-48/h12,23-24,26-50,56-70H,10-11,13-22H2,1-9H3/t23-,24?,26?,27-,28-,29-,30-,31?,32-,33+,34-,35-,36-,37-,38+,39+,40+,41-,42-,43-,44-,45-,46-,47+,48+,49?,50?,53+,54-,55+/m1/s1. The summed E-state index contributed by atoms with van der Waals surface area (Å²) in [5.74, 6) is 0.345. The van der Waals surface area contributed by atoms with E-state index in [4.69, 9.17) is 37.9 Å². The average Bonchev–Trinajstić information content (AvgIpc) is 3.03. The number of allylic oxidation sites excluding steroid dienone is 1. The molecule has 78 heavy (non-hydrogen) atoms. The van der Waals surface area contributed by atoms with E-state index >= 15 is 0 Å². The van der Waals surface area contributed by atoms with Crippen molar-refractivity contribution in [2.75, 3.05) is 19.8 Å². The SMILES string of the molecule is CC[C@H]1OC(O[C@H](CC[C@@H](C)C2CC[C@@]3(C)C4CC=C5C(CC[C@H](O[C@@H]6O[C@H](CO)[C@@H](O[C@@H]7O[C@H](CO)[C@@H](O)[C@H](O)[C@H]7O)[C@H](O)[C@H]6O)C5(C)C)[C@]4(C)[C@H](O)C[C@]23C)C(C)(C)O)[C@H](OC2O[C@H](CO)[C@@H](O)[C@H](O)[C@H]2O)[C@@H](O)[C@@H]1O. The lowest BCUT2D eigenvalue weighted by Crippen LogP contribution is -2.66. The van der Waals surface area contributed by atoms with Crippen molar-refractivity contribution in [3.8, 4) is 0 Å². The Morgan fingerprint density at radius 3 is 1.64 bits per heavy atom. The van der Waals surface area contributed by atoms with Crippen molar-refractivity contribution in [1.82, 2.24) is 0 Å². The van der Waals surface area contributed by atoms with Gasteiger partial charge in [-0.05, 0) is 106 Å². The molecule has 0 radical (unpaired) electrons. The molecule has 0 aromatic rings. The molecule has 15 N–H and O–H groups in total. The van der Waals surface area contributed by atoms with Gasteiger partial charge < -0.3 is 114 Å². The Hall–Kier alpha value is -1.18. The maximum atomic E-state index is 12.7. The molecule has 0 aromatic carbocycles. The summed E-state index contributed by atoms with van der Waals surface area (Å²) >= 11 is 0. The zero-order valence-electron chi connectivity index (χ0n) is 46.6. The molecule has 0 bridgehead atoms. The van der Waals surface area contributed by atoms with Crippen molar-refractivity contribution in [2.24, 2.45) is 45.3 Å². The highest BCUT2D eigenvalue weighted by Gasteiger charge is 2.70. The van der Waals surface area contributed by atoms with Gasteiger partial charge in [-0.2, -0.15) is 0 Å². The van der Waals surface area contributed by atoms with Gasteiger partial charge in [0.25, 0.3) is 0 Å². The van der Waals surface area contributed by atoms with E-state index in [-0.39, 0.29) is 40.9 Å². The first-order valence-corrected chi connectivity index (χ1v) is 28.4. The largest absolute Gasteiger partial charge is 0.394 e. The van der Waals surface area contributed by atoms with Crippen LogP contribution in [0.15, 0.2) is 11.6 Å². The number of rotatable bonds is 17. The Balaban J connectivity index is 0.942. The Kier molecular flexibility index (Phi) is 19.1. The van der Waals surface area contributed by atoms with Crippen LogP contribution in [0.1, 0.15) is 120 Å². The Bertz CT molecular complexity index is 2020. The Morgan fingerprint density at radius 1 is 0.590 bits per heavy atom. The molecule has 0 amide bonds. The van der Waals surface area contributed by atoms with E-state index < -0.39 is 177 Å². The summed E-state index contributed by atoms with van der Waals surface area (Å²) in [6, 6.07) is 0. The third-order valence-corrected chi connectivity index (χ3v) is 21.0. The molecule has 452 valence electrons. The van der Waals surface area contributed by atoms with Crippen molar-refractivity contribution in [3.63, 3.8) is 0 Å². The lowest BCUT2D eigenvalue weighted by atomic mass is 9.38. The fourth-order valence-electron chi connectivity index (χ4n) is 15.9. The molecule has 4 aliphatic carbocycles. The van der Waals surface area contributed by atoms with E-state index in [1.54, 1.807) is 20.8 Å². The second-order valence-electron chi connectivity index (χ2n) is 26.1. The van der Waals surface area contributed by atoms with Crippen molar-refractivity contribution in [1.29, 1.82) is 0 Å². The number of fused-ring (bicyclic) bond motifs is 5. The minimum Gasteiger partial charge on any atom is -0.394 e. The molecule has 8 rings (SSSR count). The van der Waals surface area contributed by atoms with E-state index in [0.717, 1.165) is 18.4 Å². The molecular weight excluding hydrogens is 1030 g/mol. The van der Waals surface area contributed by atoms with E-state index in [0.29, 0.717) is 38.5 Å². The van der Waals surface area contributed by atoms with Gasteiger partial charge in [-0.25, -0.2) is 0 Å². The smallest absolute Gasteiger partial charge is 0.187 e. The molecule has 4 aliphatic heterocycles. The summed E-state index contributed by atoms with van der Waals surface area (Å²) in [4.78, 5) is 0. The fraction of sp³-hybridized carbons (Fsp3) is 0.964. The molecule has 23 heteroatoms. The highest BCUT2D eigenvalue weighted by atomic mass is 16.8. The summed E-state index contributed by atoms with van der Waals surface area (Å²) in [6.45, 7) is 16.1. The van der Waals surface area contributed by atoms with Crippen molar-refractivity contribution in [2.45, 2.75) is 267 Å². The van der Waals surface area contributed by atoms with E-state index in [1.165, 1.54) is 0 Å². The van der Waals surface area contributed by atoms with Crippen molar-refractivity contribution in [3.05, 3.63) is 11.6 Å². The van der Waals surface area contributed by atoms with Crippen LogP contribution in [-0.4, -0.2) is 243 Å². The van der Waals surface area contributed by atoms with Crippen molar-refractivity contribution >= 4 is 0 Å². The van der Waals surface area contributed by atoms with Crippen LogP contribution >= 0.6 is 0 Å². The van der Waals surface area contributed by atoms with Crippen LogP contribution < -0.4 is 0 Å². The molecular formula is C55H94O23. The van der Waals surface area contributed by atoms with Crippen molar-refractivity contribution < 1.29 is 114 Å². The van der Waals surface area contributed by atoms with Crippen LogP contribution in [0.2, 0.25) is 0 Å². The highest BCUT2D eigenvalue weighted by Crippen LogP contribution is 2.75. The predicted octanol–water partition coefficient (Wildman–Crippen LogP) is -1.81. The number of aliphatic hydroxyl groups is 15. The topological polar surface area (TPSA) is 377 Å². The molecule has 0 spiro atoms. The first-order valence-electron chi connectivity index (χ1n) is 28.4. The Morgan fingerprint density at radius 2 is 1.09 bits per heavy atom. The van der Waals surface area contributed by atoms with Crippen LogP contribution in [0, 0.1) is 45.3 Å². The predicted molar refractivity (Wildman–Crippen MR) is 271 cm³/mol. The highest BCUT2D eigenvalue weighted by molar-refractivity contribution is 5.32. The second-order valence-corrected chi connectivity index (χ2v) is 26.1. The molecule has 3 saturated carbocycles. The lowest BCUT2D eigenvalue weighted by molar-refractivity contribution is -0.374. The maximum absolute atomic E-state index is 12.7. The zero-order chi connectivity index (χ0) is 57.5. The third kappa shape index (κ3) is 10.9. The van der Waals surface area contributed by atoms with Gasteiger partial charge in [-0.1, -0.05) is 60.1 Å². The van der Waals surface area contributed by atoms with E-state index in [2.05, 4.69) is 47.6 Å². The summed E-state index contributed by atoms with van der Waals surface area (Å²) in [6.07, 6.45) is -25.1. The number of aliphatic hydroxyl groups excluding tert-OH is 14. The molecule has 23 nitrogen and oxygen atoms in total. The van der Waals surface area contributed by atoms with Gasteiger partial charge in [-0.3, -0.25) is 0 Å². The van der Waals surface area contributed by atoms with E-state index in [1.807, 2.05) is 0 Å². The summed E-state index contributed by atoms with van der Waals surface area (Å²) in [5.41, 5.74) is -1.96. The summed E-state index contributed by atoms with van der Waals surface area (Å²) in [5, 5.41) is 162. The first kappa shape index (κ1) is 62.9. The molecule has 7 fully saturated rings. The van der Waals surface area contributed by atoms with Gasteiger partial charge in [0.05, 0.1) is 49.8 Å². The quantitative estimate of drug-likeness (QED) is 0.0714. The summed E-state index contributed by atoms with van der Waals surface area (Å²) in [7, 11) is 0. The van der Waals surface area contributed by atoms with Crippen LogP contribution in [0.4, 0.5) is 0 Å². The van der Waals surface area contributed by atoms with Crippen LogP contribution in [0.5, 0.6) is 0 Å². The second kappa shape index (κ2) is 23.7. The average molecular weight is 1120 g/mol. The molecule has 0 aromatic heterocycles. The molecule has 30 atom stereocenters. The normalized spacial score (nSPS) is 51.4. The number of hydrogen-bond acceptors (Lipinski definition) is 23. The minimum atomic E-state index is -1.80. The monoisotopic (exact) mass is 1120 g/mol. The van der Waals surface area contributed by atoms with Gasteiger partial charge in [0.15, 0.2) is 25.2 Å². The number of ether oxygens (including phenoxy) is 8. The maximum Gasteiger partial charge on any atom is 0.187 e. The Labute approximate surface area is 457 Å². The van der Waals surface area contributed by atoms with E-state index in [9.17, 15) is 76.6 Å². The zero-order valence-corrected chi connectivity index (χ0v) is 46.6. The van der Waals surface area contributed by atoms with Gasteiger partial charge >= 0.3 is 0 Å². The third-order valence-electron chi connectivity index (χ3n) is 21.0. The van der Waals surface area contributed by atoms with Gasteiger partial charge in [0, 0.05) is 10.8 Å². The van der Waals surface area contributed by atoms with Gasteiger partial charge in [-0.15, -0.1) is 0 Å². The molecule has 4 heterocycles. The van der Waals surface area contributed by atoms with Crippen LogP contribution in [0.3, 0.4) is 0 Å². The minimum absolute atomic E-state index is 0.0182. The van der Waals surface area contributed by atoms with Gasteiger partial charge in [0.1, 0.15) is 91.6 Å². The first-order chi connectivity index (χ1) is 36.5. The fourth-order valence-corrected chi connectivity index (χ4v) is 15.9. The number of hydrogen-bond donors (Lipinski definition) is 15. The van der Waals surface area contributed by atoms with Crippen LogP contribution in [-0.2, 0) is 37.9 Å². The molecule has 5 unspecified atom stereocenters. The molecule has 4 saturated heterocycles. The van der Waals surface area contributed by atoms with Gasteiger partial charge in [0.2, 0.25) is 0 Å². The molecule has 8 aliphatic rings. The van der Waals surface area contributed by atoms with Crippen LogP contribution in [0.25, 0.3) is 0 Å². The summed E-state index contributed by atoms with van der Waals surface area (Å²) < 4.78 is 48.2. The lowest BCUT2D eigenvalue weighted by Gasteiger charge is -2.67.